The van der Waals surface area contributed by atoms with Gasteiger partial charge in [-0.15, -0.1) is 0 Å². The first-order chi connectivity index (χ1) is 5.53. The Morgan fingerprint density at radius 2 is 2.33 bits per heavy atom. The van der Waals surface area contributed by atoms with Crippen LogP contribution in [0.1, 0.15) is 12.6 Å². The van der Waals surface area contributed by atoms with Crippen molar-refractivity contribution in [2.75, 3.05) is 0 Å². The maximum absolute atomic E-state index is 10.7. The van der Waals surface area contributed by atoms with E-state index in [0.717, 1.165) is 0 Å². The van der Waals surface area contributed by atoms with Crippen LogP contribution in [0.25, 0.3) is 0 Å². The maximum atomic E-state index is 10.7. The molecule has 0 spiro atoms. The van der Waals surface area contributed by atoms with Gasteiger partial charge in [-0.2, -0.15) is 5.10 Å². The van der Waals surface area contributed by atoms with E-state index >= 15 is 0 Å². The highest BCUT2D eigenvalue weighted by Gasteiger charge is 2.10. The quantitative estimate of drug-likeness (QED) is 0.696. The van der Waals surface area contributed by atoms with E-state index in [-0.39, 0.29) is 5.75 Å². The minimum Gasteiger partial charge on any atom is -0.269 e. The van der Waals surface area contributed by atoms with E-state index in [2.05, 4.69) is 5.10 Å². The molecule has 4 nitrogen and oxygen atoms in total. The van der Waals surface area contributed by atoms with Gasteiger partial charge >= 0.3 is 0 Å². The second-order valence-electron chi connectivity index (χ2n) is 2.32. The van der Waals surface area contributed by atoms with Crippen molar-refractivity contribution in [1.82, 2.24) is 9.78 Å². The van der Waals surface area contributed by atoms with Crippen LogP contribution >= 0.6 is 10.7 Å². The van der Waals surface area contributed by atoms with Crippen molar-refractivity contribution in [3.05, 3.63) is 18.0 Å². The molecule has 0 unspecified atom stereocenters. The zero-order chi connectivity index (χ0) is 9.19. The molecular formula is C6H9ClN2O2S. The van der Waals surface area contributed by atoms with Gasteiger partial charge in [-0.25, -0.2) is 8.42 Å². The molecule has 0 aliphatic rings. The van der Waals surface area contributed by atoms with Crippen molar-refractivity contribution in [3.8, 4) is 0 Å². The molecule has 6 heteroatoms. The molecule has 1 heterocycles. The van der Waals surface area contributed by atoms with Crippen LogP contribution in [0.5, 0.6) is 0 Å². The molecule has 0 saturated heterocycles. The van der Waals surface area contributed by atoms with Crippen LogP contribution in [0.3, 0.4) is 0 Å². The second kappa shape index (κ2) is 3.45. The summed E-state index contributed by atoms with van der Waals surface area (Å²) in [5.41, 5.74) is 0.618. The van der Waals surface area contributed by atoms with Gasteiger partial charge in [0.05, 0.1) is 5.69 Å². The van der Waals surface area contributed by atoms with E-state index in [4.69, 9.17) is 10.7 Å². The van der Waals surface area contributed by atoms with E-state index < -0.39 is 9.05 Å². The minimum absolute atomic E-state index is 0.164. The zero-order valence-electron chi connectivity index (χ0n) is 6.57. The van der Waals surface area contributed by atoms with E-state index in [1.165, 1.54) is 0 Å². The molecule has 0 fully saturated rings. The first-order valence-electron chi connectivity index (χ1n) is 3.46. The van der Waals surface area contributed by atoms with Crippen LogP contribution < -0.4 is 0 Å². The molecule has 12 heavy (non-hydrogen) atoms. The first kappa shape index (κ1) is 9.54. The molecule has 0 atom stereocenters. The van der Waals surface area contributed by atoms with Crippen molar-refractivity contribution < 1.29 is 8.42 Å². The van der Waals surface area contributed by atoms with E-state index in [1.54, 1.807) is 16.9 Å². The van der Waals surface area contributed by atoms with Crippen molar-refractivity contribution in [3.63, 3.8) is 0 Å². The van der Waals surface area contributed by atoms with Crippen LogP contribution in [0, 0.1) is 0 Å². The summed E-state index contributed by atoms with van der Waals surface area (Å²) in [4.78, 5) is 0. The summed E-state index contributed by atoms with van der Waals surface area (Å²) in [5.74, 6) is -0.164. The molecule has 0 N–H and O–H groups in total. The van der Waals surface area contributed by atoms with E-state index in [0.29, 0.717) is 12.2 Å². The SMILES string of the molecule is CCn1nccc1CS(=O)(=O)Cl. The fraction of sp³-hybridized carbons (Fsp3) is 0.500. The van der Waals surface area contributed by atoms with Crippen LogP contribution in [0.2, 0.25) is 0 Å². The summed E-state index contributed by atoms with van der Waals surface area (Å²) in [6.45, 7) is 2.53. The highest BCUT2D eigenvalue weighted by Crippen LogP contribution is 2.08. The fourth-order valence-corrected chi connectivity index (χ4v) is 1.88. The third kappa shape index (κ3) is 2.49. The Morgan fingerprint density at radius 3 is 2.83 bits per heavy atom. The maximum Gasteiger partial charge on any atom is 0.238 e. The zero-order valence-corrected chi connectivity index (χ0v) is 8.14. The molecule has 0 saturated carbocycles. The Labute approximate surface area is 75.6 Å². The number of hydrogen-bond donors (Lipinski definition) is 0. The van der Waals surface area contributed by atoms with Gasteiger partial charge in [0, 0.05) is 23.4 Å². The lowest BCUT2D eigenvalue weighted by molar-refractivity contribution is 0.598. The summed E-state index contributed by atoms with van der Waals surface area (Å²) < 4.78 is 23.0. The van der Waals surface area contributed by atoms with E-state index in [1.807, 2.05) is 6.92 Å². The third-order valence-corrected chi connectivity index (χ3v) is 2.39. The normalized spacial score (nSPS) is 11.8. The lowest BCUT2D eigenvalue weighted by Crippen LogP contribution is -2.05. The molecule has 1 aromatic rings. The number of rotatable bonds is 3. The highest BCUT2D eigenvalue weighted by atomic mass is 35.7. The van der Waals surface area contributed by atoms with Crippen molar-refractivity contribution in [1.29, 1.82) is 0 Å². The Hall–Kier alpha value is -0.550. The molecular weight excluding hydrogens is 200 g/mol. The molecule has 1 rings (SSSR count). The Morgan fingerprint density at radius 1 is 1.67 bits per heavy atom. The number of aromatic nitrogens is 2. The molecule has 0 aromatic carbocycles. The lowest BCUT2D eigenvalue weighted by Gasteiger charge is -2.00. The number of halogens is 1. The Kier molecular flexibility index (Phi) is 2.74. The molecule has 0 aliphatic carbocycles. The van der Waals surface area contributed by atoms with Gasteiger partial charge in [0.25, 0.3) is 0 Å². The smallest absolute Gasteiger partial charge is 0.238 e. The molecule has 68 valence electrons. The van der Waals surface area contributed by atoms with Gasteiger partial charge < -0.3 is 0 Å². The number of aryl methyl sites for hydroxylation is 1. The summed E-state index contributed by atoms with van der Waals surface area (Å²) in [7, 11) is 1.62. The predicted molar refractivity (Wildman–Crippen MR) is 46.4 cm³/mol. The van der Waals surface area contributed by atoms with Crippen LogP contribution in [0.4, 0.5) is 0 Å². The van der Waals surface area contributed by atoms with Gasteiger partial charge in [-0.3, -0.25) is 4.68 Å². The molecule has 0 bridgehead atoms. The highest BCUT2D eigenvalue weighted by molar-refractivity contribution is 8.13. The Balaban J connectivity index is 2.89. The monoisotopic (exact) mass is 208 g/mol. The molecule has 1 aromatic heterocycles. The summed E-state index contributed by atoms with van der Waals surface area (Å²) in [6.07, 6.45) is 1.56. The summed E-state index contributed by atoms with van der Waals surface area (Å²) in [6, 6.07) is 1.64. The predicted octanol–water partition coefficient (Wildman–Crippen LogP) is 0.972. The largest absolute Gasteiger partial charge is 0.269 e. The van der Waals surface area contributed by atoms with Crippen LogP contribution in [-0.4, -0.2) is 18.2 Å². The molecule has 0 radical (unpaired) electrons. The van der Waals surface area contributed by atoms with Crippen LogP contribution in [0.15, 0.2) is 12.3 Å². The standard InChI is InChI=1S/C6H9ClN2O2S/c1-2-9-6(3-4-8-9)5-12(7,10)11/h3-4H,2,5H2,1H3. The van der Waals surface area contributed by atoms with Crippen molar-refractivity contribution in [2.45, 2.75) is 19.2 Å². The lowest BCUT2D eigenvalue weighted by atomic mass is 10.5. The van der Waals surface area contributed by atoms with Gasteiger partial charge in [-0.05, 0) is 13.0 Å². The Bertz CT molecular complexity index is 357. The third-order valence-electron chi connectivity index (χ3n) is 1.42. The van der Waals surface area contributed by atoms with Gasteiger partial charge in [-0.1, -0.05) is 0 Å². The van der Waals surface area contributed by atoms with Crippen LogP contribution in [-0.2, 0) is 21.3 Å². The van der Waals surface area contributed by atoms with Gasteiger partial charge in [0.15, 0.2) is 0 Å². The summed E-state index contributed by atoms with van der Waals surface area (Å²) >= 11 is 0. The van der Waals surface area contributed by atoms with Crippen molar-refractivity contribution >= 4 is 19.7 Å². The van der Waals surface area contributed by atoms with E-state index in [9.17, 15) is 8.42 Å². The van der Waals surface area contributed by atoms with Gasteiger partial charge in [0.2, 0.25) is 9.05 Å². The van der Waals surface area contributed by atoms with Crippen molar-refractivity contribution in [2.24, 2.45) is 0 Å². The average Bonchev–Trinajstić information content (AvgIpc) is 2.31. The fourth-order valence-electron chi connectivity index (χ4n) is 0.944. The minimum atomic E-state index is -3.47. The van der Waals surface area contributed by atoms with Gasteiger partial charge in [0.1, 0.15) is 5.75 Å². The number of hydrogen-bond acceptors (Lipinski definition) is 3. The molecule has 0 aliphatic heterocycles. The molecule has 0 amide bonds. The summed E-state index contributed by atoms with van der Waals surface area (Å²) in [5, 5.41) is 3.91. The first-order valence-corrected chi connectivity index (χ1v) is 5.94. The second-order valence-corrected chi connectivity index (χ2v) is 5.10. The topological polar surface area (TPSA) is 52.0 Å². The average molecular weight is 209 g/mol. The number of nitrogens with zero attached hydrogens (tertiary/aromatic N) is 2.